The van der Waals surface area contributed by atoms with E-state index in [1.807, 2.05) is 0 Å². The van der Waals surface area contributed by atoms with E-state index < -0.39 is 27.8 Å². The third kappa shape index (κ3) is 5.21. The summed E-state index contributed by atoms with van der Waals surface area (Å²) in [6.07, 6.45) is 0. The van der Waals surface area contributed by atoms with Crippen molar-refractivity contribution in [1.82, 2.24) is 10.0 Å². The number of benzene rings is 2. The van der Waals surface area contributed by atoms with Gasteiger partial charge in [0.15, 0.2) is 0 Å². The van der Waals surface area contributed by atoms with Crippen molar-refractivity contribution in [3.8, 4) is 5.75 Å². The first-order valence-electron chi connectivity index (χ1n) is 8.51. The van der Waals surface area contributed by atoms with E-state index in [9.17, 15) is 17.6 Å². The quantitative estimate of drug-likeness (QED) is 0.704. The van der Waals surface area contributed by atoms with Crippen molar-refractivity contribution >= 4 is 27.5 Å². The van der Waals surface area contributed by atoms with E-state index in [-0.39, 0.29) is 27.3 Å². The minimum absolute atomic E-state index is 0.0452. The van der Waals surface area contributed by atoms with Gasteiger partial charge in [-0.15, -0.1) is 0 Å². The number of rotatable bonds is 7. The largest absolute Gasteiger partial charge is 0.495 e. The van der Waals surface area contributed by atoms with Gasteiger partial charge in [0.1, 0.15) is 16.5 Å². The van der Waals surface area contributed by atoms with Crippen molar-refractivity contribution < 1.29 is 22.3 Å². The van der Waals surface area contributed by atoms with Gasteiger partial charge in [0, 0.05) is 11.6 Å². The van der Waals surface area contributed by atoms with E-state index in [1.165, 1.54) is 43.5 Å². The van der Waals surface area contributed by atoms with Crippen LogP contribution < -0.4 is 14.8 Å². The molecule has 2 aromatic carbocycles. The lowest BCUT2D eigenvalue weighted by Gasteiger charge is -2.17. The Morgan fingerprint density at radius 1 is 1.14 bits per heavy atom. The number of carbonyl (C=O) groups is 1. The summed E-state index contributed by atoms with van der Waals surface area (Å²) in [4.78, 5) is 12.5. The molecule has 2 rings (SSSR count). The first-order valence-corrected chi connectivity index (χ1v) is 10.4. The maximum absolute atomic E-state index is 13.3. The molecular weight excluding hydrogens is 407 g/mol. The van der Waals surface area contributed by atoms with E-state index >= 15 is 0 Å². The minimum atomic E-state index is -3.86. The van der Waals surface area contributed by atoms with Gasteiger partial charge in [0.25, 0.3) is 5.91 Å². The number of halogens is 2. The zero-order valence-electron chi connectivity index (χ0n) is 15.9. The van der Waals surface area contributed by atoms with Gasteiger partial charge in [0.2, 0.25) is 10.0 Å². The molecule has 152 valence electrons. The number of hydrogen-bond acceptors (Lipinski definition) is 4. The van der Waals surface area contributed by atoms with E-state index in [2.05, 4.69) is 10.0 Å². The van der Waals surface area contributed by atoms with Crippen molar-refractivity contribution in [2.24, 2.45) is 0 Å². The normalized spacial score (nSPS) is 12.7. The molecule has 1 atom stereocenters. The summed E-state index contributed by atoms with van der Waals surface area (Å²) in [6.45, 7) is 5.09. The number of nitrogens with one attached hydrogen (secondary N) is 2. The van der Waals surface area contributed by atoms with Gasteiger partial charge >= 0.3 is 0 Å². The lowest BCUT2D eigenvalue weighted by atomic mass is 10.1. The molecule has 1 amide bonds. The number of amides is 1. The topological polar surface area (TPSA) is 84.5 Å². The Balaban J connectivity index is 2.30. The third-order valence-corrected chi connectivity index (χ3v) is 5.87. The predicted molar refractivity (Wildman–Crippen MR) is 106 cm³/mol. The predicted octanol–water partition coefficient (Wildman–Crippen LogP) is 3.67. The Morgan fingerprint density at radius 2 is 1.82 bits per heavy atom. The Bertz CT molecular complexity index is 980. The summed E-state index contributed by atoms with van der Waals surface area (Å²) < 4.78 is 46.0. The summed E-state index contributed by atoms with van der Waals surface area (Å²) in [6, 6.07) is 7.51. The molecule has 2 N–H and O–H groups in total. The van der Waals surface area contributed by atoms with Gasteiger partial charge in [-0.2, -0.15) is 0 Å². The SMILES string of the molecule is COc1ccc(C(=O)NC(C)c2ccc(F)c(Cl)c2)cc1S(=O)(=O)NC(C)C. The summed E-state index contributed by atoms with van der Waals surface area (Å²) in [5.74, 6) is -0.911. The van der Waals surface area contributed by atoms with Gasteiger partial charge in [0.05, 0.1) is 18.2 Å². The molecule has 0 saturated heterocycles. The molecule has 0 heterocycles. The summed E-state index contributed by atoms with van der Waals surface area (Å²) in [5, 5.41) is 2.69. The number of methoxy groups -OCH3 is 1. The molecule has 0 spiro atoms. The highest BCUT2D eigenvalue weighted by Gasteiger charge is 2.23. The highest BCUT2D eigenvalue weighted by Crippen LogP contribution is 2.26. The maximum atomic E-state index is 13.3. The lowest BCUT2D eigenvalue weighted by Crippen LogP contribution is -2.31. The zero-order valence-corrected chi connectivity index (χ0v) is 17.5. The van der Waals surface area contributed by atoms with Crippen molar-refractivity contribution in [2.75, 3.05) is 7.11 Å². The van der Waals surface area contributed by atoms with Gasteiger partial charge in [-0.05, 0) is 56.7 Å². The van der Waals surface area contributed by atoms with Crippen molar-refractivity contribution in [2.45, 2.75) is 37.8 Å². The number of hydrogen-bond donors (Lipinski definition) is 2. The van der Waals surface area contributed by atoms with Gasteiger partial charge in [-0.25, -0.2) is 17.5 Å². The second kappa shape index (κ2) is 8.89. The molecule has 0 radical (unpaired) electrons. The van der Waals surface area contributed by atoms with E-state index in [1.54, 1.807) is 20.8 Å². The van der Waals surface area contributed by atoms with E-state index in [0.29, 0.717) is 5.56 Å². The highest BCUT2D eigenvalue weighted by molar-refractivity contribution is 7.89. The monoisotopic (exact) mass is 428 g/mol. The van der Waals surface area contributed by atoms with Crippen LogP contribution in [0.5, 0.6) is 5.75 Å². The molecule has 0 aliphatic rings. The number of ether oxygens (including phenoxy) is 1. The van der Waals surface area contributed by atoms with Gasteiger partial charge in [-0.3, -0.25) is 4.79 Å². The Hall–Kier alpha value is -2.16. The molecule has 0 fully saturated rings. The van der Waals surface area contributed by atoms with Crippen LogP contribution in [0.15, 0.2) is 41.3 Å². The summed E-state index contributed by atoms with van der Waals surface area (Å²) in [5.41, 5.74) is 0.757. The molecule has 1 unspecified atom stereocenters. The fraction of sp³-hybridized carbons (Fsp3) is 0.316. The second-order valence-corrected chi connectivity index (χ2v) is 8.60. The van der Waals surface area contributed by atoms with Crippen LogP contribution in [0.1, 0.15) is 42.7 Å². The van der Waals surface area contributed by atoms with Crippen LogP contribution >= 0.6 is 11.6 Å². The van der Waals surface area contributed by atoms with Crippen molar-refractivity contribution in [1.29, 1.82) is 0 Å². The Labute approximate surface area is 169 Å². The first-order chi connectivity index (χ1) is 13.0. The molecule has 2 aromatic rings. The van der Waals surface area contributed by atoms with Crippen LogP contribution in [-0.4, -0.2) is 27.5 Å². The highest BCUT2D eigenvalue weighted by atomic mass is 35.5. The molecule has 6 nitrogen and oxygen atoms in total. The fourth-order valence-electron chi connectivity index (χ4n) is 2.55. The maximum Gasteiger partial charge on any atom is 0.251 e. The fourth-order valence-corrected chi connectivity index (χ4v) is 4.18. The Morgan fingerprint density at radius 3 is 2.39 bits per heavy atom. The van der Waals surface area contributed by atoms with Crippen LogP contribution in [0.2, 0.25) is 5.02 Å². The van der Waals surface area contributed by atoms with Crippen LogP contribution in [-0.2, 0) is 10.0 Å². The smallest absolute Gasteiger partial charge is 0.251 e. The van der Waals surface area contributed by atoms with Gasteiger partial charge in [-0.1, -0.05) is 17.7 Å². The molecular formula is C19H22ClFN2O4S. The summed E-state index contributed by atoms with van der Waals surface area (Å²) >= 11 is 5.78. The average molecular weight is 429 g/mol. The van der Waals surface area contributed by atoms with Crippen LogP contribution in [0.25, 0.3) is 0 Å². The Kier molecular flexibility index (Phi) is 7.03. The molecule has 0 saturated carbocycles. The standard InChI is InChI=1S/C19H22ClFN2O4S/c1-11(2)23-28(25,26)18-10-14(6-8-17(18)27-4)19(24)22-12(3)13-5-7-16(21)15(20)9-13/h5-12,23H,1-4H3,(H,22,24). The van der Waals surface area contributed by atoms with Crippen LogP contribution in [0.3, 0.4) is 0 Å². The first kappa shape index (κ1) is 22.1. The molecule has 28 heavy (non-hydrogen) atoms. The molecule has 0 bridgehead atoms. The lowest BCUT2D eigenvalue weighted by molar-refractivity contribution is 0.0939. The molecule has 0 aliphatic heterocycles. The van der Waals surface area contributed by atoms with Crippen LogP contribution in [0.4, 0.5) is 4.39 Å². The average Bonchev–Trinajstić information content (AvgIpc) is 2.62. The number of sulfonamides is 1. The van der Waals surface area contributed by atoms with E-state index in [0.717, 1.165) is 0 Å². The summed E-state index contributed by atoms with van der Waals surface area (Å²) in [7, 11) is -2.51. The minimum Gasteiger partial charge on any atom is -0.495 e. The van der Waals surface area contributed by atoms with Crippen LogP contribution in [0, 0.1) is 5.82 Å². The van der Waals surface area contributed by atoms with E-state index in [4.69, 9.17) is 16.3 Å². The van der Waals surface area contributed by atoms with Crippen molar-refractivity contribution in [3.05, 3.63) is 58.4 Å². The zero-order chi connectivity index (χ0) is 21.1. The number of carbonyl (C=O) groups excluding carboxylic acids is 1. The molecule has 0 aliphatic carbocycles. The molecule has 0 aromatic heterocycles. The third-order valence-electron chi connectivity index (χ3n) is 3.90. The second-order valence-electron chi connectivity index (χ2n) is 6.51. The molecule has 9 heteroatoms. The van der Waals surface area contributed by atoms with Crippen molar-refractivity contribution in [3.63, 3.8) is 0 Å². The van der Waals surface area contributed by atoms with Gasteiger partial charge < -0.3 is 10.1 Å².